The molecule has 1 atom stereocenters. The van der Waals surface area contributed by atoms with Crippen LogP contribution in [0.1, 0.15) is 37.3 Å². The Balaban J connectivity index is 2.11. The van der Waals surface area contributed by atoms with E-state index in [2.05, 4.69) is 5.32 Å². The first-order chi connectivity index (χ1) is 9.08. The van der Waals surface area contributed by atoms with Gasteiger partial charge < -0.3 is 10.6 Å². The number of nitrogens with two attached hydrogens (primary N) is 1. The largest absolute Gasteiger partial charge is 0.378 e. The highest BCUT2D eigenvalue weighted by molar-refractivity contribution is 5.81. The molecule has 1 saturated carbocycles. The van der Waals surface area contributed by atoms with Crippen molar-refractivity contribution in [1.82, 2.24) is 5.32 Å². The first-order valence-corrected chi connectivity index (χ1v) is 6.90. The van der Waals surface area contributed by atoms with Gasteiger partial charge in [0, 0.05) is 25.8 Å². The molecule has 4 nitrogen and oxygen atoms in total. The SMILES string of the molecule is CN(C)c1ccc(C(NC2CCCC2)C(N)=O)cc1. The standard InChI is InChI=1S/C15H23N3O/c1-18(2)13-9-7-11(8-10-13)14(15(16)19)17-12-5-3-4-6-12/h7-10,12,14,17H,3-6H2,1-2H3,(H2,16,19). The van der Waals surface area contributed by atoms with E-state index in [1.165, 1.54) is 12.8 Å². The number of carbonyl (C=O) groups is 1. The molecular formula is C15H23N3O. The van der Waals surface area contributed by atoms with E-state index in [9.17, 15) is 4.79 Å². The van der Waals surface area contributed by atoms with E-state index in [4.69, 9.17) is 5.73 Å². The third-order valence-electron chi connectivity index (χ3n) is 3.78. The van der Waals surface area contributed by atoms with Crippen LogP contribution in [0.2, 0.25) is 0 Å². The Hall–Kier alpha value is -1.55. The smallest absolute Gasteiger partial charge is 0.239 e. The molecule has 1 amide bonds. The summed E-state index contributed by atoms with van der Waals surface area (Å²) in [5.41, 5.74) is 7.60. The number of anilines is 1. The zero-order chi connectivity index (χ0) is 13.8. The summed E-state index contributed by atoms with van der Waals surface area (Å²) in [6.07, 6.45) is 4.75. The van der Waals surface area contributed by atoms with Gasteiger partial charge in [-0.2, -0.15) is 0 Å². The number of primary amides is 1. The van der Waals surface area contributed by atoms with Crippen LogP contribution in [-0.4, -0.2) is 26.0 Å². The number of nitrogens with zero attached hydrogens (tertiary/aromatic N) is 1. The summed E-state index contributed by atoms with van der Waals surface area (Å²) in [6, 6.07) is 8.04. The Kier molecular flexibility index (Phi) is 4.43. The van der Waals surface area contributed by atoms with Crippen molar-refractivity contribution >= 4 is 11.6 Å². The molecule has 0 aromatic heterocycles. The summed E-state index contributed by atoms with van der Waals surface area (Å²) in [5, 5.41) is 3.39. The number of nitrogens with one attached hydrogen (secondary N) is 1. The van der Waals surface area contributed by atoms with Crippen LogP contribution in [0.25, 0.3) is 0 Å². The van der Waals surface area contributed by atoms with E-state index in [0.29, 0.717) is 6.04 Å². The lowest BCUT2D eigenvalue weighted by Crippen LogP contribution is -2.38. The highest BCUT2D eigenvalue weighted by Crippen LogP contribution is 2.23. The van der Waals surface area contributed by atoms with E-state index >= 15 is 0 Å². The van der Waals surface area contributed by atoms with Gasteiger partial charge in [0.15, 0.2) is 0 Å². The number of rotatable bonds is 5. The molecule has 1 fully saturated rings. The maximum atomic E-state index is 11.7. The first kappa shape index (κ1) is 13.9. The fourth-order valence-corrected chi connectivity index (χ4v) is 2.64. The minimum Gasteiger partial charge on any atom is -0.378 e. The van der Waals surface area contributed by atoms with Crippen LogP contribution in [0.4, 0.5) is 5.69 Å². The van der Waals surface area contributed by atoms with E-state index in [0.717, 1.165) is 24.1 Å². The van der Waals surface area contributed by atoms with Crippen LogP contribution >= 0.6 is 0 Å². The van der Waals surface area contributed by atoms with Crippen LogP contribution in [0, 0.1) is 0 Å². The van der Waals surface area contributed by atoms with Crippen molar-refractivity contribution in [3.05, 3.63) is 29.8 Å². The van der Waals surface area contributed by atoms with Gasteiger partial charge in [-0.3, -0.25) is 10.1 Å². The van der Waals surface area contributed by atoms with Crippen molar-refractivity contribution in [3.63, 3.8) is 0 Å². The topological polar surface area (TPSA) is 58.4 Å². The Morgan fingerprint density at radius 2 is 1.84 bits per heavy atom. The normalized spacial score (nSPS) is 17.4. The zero-order valence-electron chi connectivity index (χ0n) is 11.7. The van der Waals surface area contributed by atoms with Crippen molar-refractivity contribution in [2.75, 3.05) is 19.0 Å². The molecular weight excluding hydrogens is 238 g/mol. The molecule has 0 heterocycles. The summed E-state index contributed by atoms with van der Waals surface area (Å²) in [4.78, 5) is 13.7. The van der Waals surface area contributed by atoms with Crippen molar-refractivity contribution in [1.29, 1.82) is 0 Å². The molecule has 1 aliphatic carbocycles. The zero-order valence-corrected chi connectivity index (χ0v) is 11.7. The van der Waals surface area contributed by atoms with Crippen LogP contribution in [0.5, 0.6) is 0 Å². The van der Waals surface area contributed by atoms with Gasteiger partial charge in [0.2, 0.25) is 5.91 Å². The maximum Gasteiger partial charge on any atom is 0.239 e. The van der Waals surface area contributed by atoms with Gasteiger partial charge in [0.05, 0.1) is 0 Å². The molecule has 0 bridgehead atoms. The summed E-state index contributed by atoms with van der Waals surface area (Å²) in [6.45, 7) is 0. The van der Waals surface area contributed by atoms with Crippen LogP contribution in [-0.2, 0) is 4.79 Å². The van der Waals surface area contributed by atoms with Crippen molar-refractivity contribution < 1.29 is 4.79 Å². The van der Waals surface area contributed by atoms with Gasteiger partial charge in [-0.1, -0.05) is 25.0 Å². The van der Waals surface area contributed by atoms with Gasteiger partial charge in [0.25, 0.3) is 0 Å². The Morgan fingerprint density at radius 3 is 2.32 bits per heavy atom. The van der Waals surface area contributed by atoms with Gasteiger partial charge >= 0.3 is 0 Å². The Bertz CT molecular complexity index is 422. The van der Waals surface area contributed by atoms with Crippen LogP contribution in [0.3, 0.4) is 0 Å². The average molecular weight is 261 g/mol. The van der Waals surface area contributed by atoms with Crippen molar-refractivity contribution in [2.24, 2.45) is 5.73 Å². The van der Waals surface area contributed by atoms with Crippen LogP contribution in [0.15, 0.2) is 24.3 Å². The molecule has 2 rings (SSSR count). The lowest BCUT2D eigenvalue weighted by Gasteiger charge is -2.21. The predicted octanol–water partition coefficient (Wildman–Crippen LogP) is 1.81. The summed E-state index contributed by atoms with van der Waals surface area (Å²) >= 11 is 0. The quantitative estimate of drug-likeness (QED) is 0.850. The van der Waals surface area contributed by atoms with Gasteiger partial charge in [-0.25, -0.2) is 0 Å². The number of benzene rings is 1. The molecule has 3 N–H and O–H groups in total. The molecule has 1 aromatic carbocycles. The fourth-order valence-electron chi connectivity index (χ4n) is 2.64. The molecule has 4 heteroatoms. The summed E-state index contributed by atoms with van der Waals surface area (Å²) in [7, 11) is 3.99. The Labute approximate surface area is 115 Å². The molecule has 0 aliphatic heterocycles. The number of hydrogen-bond acceptors (Lipinski definition) is 3. The van der Waals surface area contributed by atoms with Gasteiger partial charge in [-0.05, 0) is 30.5 Å². The summed E-state index contributed by atoms with van der Waals surface area (Å²) < 4.78 is 0. The highest BCUT2D eigenvalue weighted by atomic mass is 16.1. The highest BCUT2D eigenvalue weighted by Gasteiger charge is 2.23. The maximum absolute atomic E-state index is 11.7. The number of carbonyl (C=O) groups excluding carboxylic acids is 1. The van der Waals surface area contributed by atoms with Gasteiger partial charge in [-0.15, -0.1) is 0 Å². The second-order valence-electron chi connectivity index (χ2n) is 5.47. The second kappa shape index (κ2) is 6.06. The van der Waals surface area contributed by atoms with E-state index in [1.54, 1.807) is 0 Å². The van der Waals surface area contributed by atoms with Crippen molar-refractivity contribution in [3.8, 4) is 0 Å². The minimum atomic E-state index is -0.376. The third-order valence-corrected chi connectivity index (χ3v) is 3.78. The molecule has 104 valence electrons. The molecule has 19 heavy (non-hydrogen) atoms. The molecule has 0 radical (unpaired) electrons. The lowest BCUT2D eigenvalue weighted by molar-refractivity contribution is -0.120. The molecule has 1 aliphatic rings. The molecule has 0 spiro atoms. The van der Waals surface area contributed by atoms with E-state index in [1.807, 2.05) is 43.3 Å². The third kappa shape index (κ3) is 3.47. The van der Waals surface area contributed by atoms with Crippen molar-refractivity contribution in [2.45, 2.75) is 37.8 Å². The molecule has 0 saturated heterocycles. The second-order valence-corrected chi connectivity index (χ2v) is 5.47. The minimum absolute atomic E-state index is 0.301. The van der Waals surface area contributed by atoms with E-state index < -0.39 is 0 Å². The Morgan fingerprint density at radius 1 is 1.26 bits per heavy atom. The fraction of sp³-hybridized carbons (Fsp3) is 0.533. The monoisotopic (exact) mass is 261 g/mol. The first-order valence-electron chi connectivity index (χ1n) is 6.90. The van der Waals surface area contributed by atoms with E-state index in [-0.39, 0.29) is 11.9 Å². The predicted molar refractivity (Wildman–Crippen MR) is 78.1 cm³/mol. The lowest BCUT2D eigenvalue weighted by atomic mass is 10.0. The summed E-state index contributed by atoms with van der Waals surface area (Å²) in [5.74, 6) is -0.301. The van der Waals surface area contributed by atoms with Crippen LogP contribution < -0.4 is 16.0 Å². The number of hydrogen-bond donors (Lipinski definition) is 2. The van der Waals surface area contributed by atoms with Gasteiger partial charge in [0.1, 0.15) is 6.04 Å². The molecule has 1 aromatic rings. The molecule has 1 unspecified atom stereocenters. The average Bonchev–Trinajstić information content (AvgIpc) is 2.88. The number of amides is 1.